The van der Waals surface area contributed by atoms with Crippen LogP contribution >= 0.6 is 11.3 Å². The van der Waals surface area contributed by atoms with Crippen LogP contribution < -0.4 is 5.32 Å². The number of rotatable bonds is 2. The third-order valence-electron chi connectivity index (χ3n) is 2.52. The van der Waals surface area contributed by atoms with Gasteiger partial charge in [0.05, 0.1) is 0 Å². The fourth-order valence-electron chi connectivity index (χ4n) is 1.65. The minimum absolute atomic E-state index is 0.198. The summed E-state index contributed by atoms with van der Waals surface area (Å²) in [4.78, 5) is 15.2. The number of carbonyl (C=O) groups excluding carboxylic acids is 1. The third kappa shape index (κ3) is 1.63. The summed E-state index contributed by atoms with van der Waals surface area (Å²) in [6, 6.07) is 3.64. The Labute approximate surface area is 92.4 Å². The SMILES string of the molecule is CCc1ccc(C2C(=N)NC(=O)N2C)s1. The van der Waals surface area contributed by atoms with E-state index < -0.39 is 0 Å². The molecule has 1 saturated heterocycles. The van der Waals surface area contributed by atoms with Gasteiger partial charge in [-0.25, -0.2) is 4.79 Å². The van der Waals surface area contributed by atoms with E-state index in [1.165, 1.54) is 4.88 Å². The molecular weight excluding hydrogens is 210 g/mol. The molecule has 2 rings (SSSR count). The maximum atomic E-state index is 11.3. The van der Waals surface area contributed by atoms with Gasteiger partial charge in [-0.3, -0.25) is 10.7 Å². The van der Waals surface area contributed by atoms with Gasteiger partial charge in [-0.15, -0.1) is 11.3 Å². The Morgan fingerprint density at radius 2 is 2.33 bits per heavy atom. The van der Waals surface area contributed by atoms with Crippen LogP contribution in [0.15, 0.2) is 12.1 Å². The second-order valence-corrected chi connectivity index (χ2v) is 4.71. The minimum Gasteiger partial charge on any atom is -0.312 e. The van der Waals surface area contributed by atoms with Gasteiger partial charge in [0.2, 0.25) is 0 Å². The zero-order valence-electron chi connectivity index (χ0n) is 8.70. The number of urea groups is 1. The van der Waals surface area contributed by atoms with Crippen LogP contribution in [0.25, 0.3) is 0 Å². The summed E-state index contributed by atoms with van der Waals surface area (Å²) >= 11 is 1.66. The number of thiophene rings is 1. The lowest BCUT2D eigenvalue weighted by Crippen LogP contribution is -2.24. The highest BCUT2D eigenvalue weighted by molar-refractivity contribution is 7.12. The number of amidine groups is 1. The highest BCUT2D eigenvalue weighted by Crippen LogP contribution is 2.30. The summed E-state index contributed by atoms with van der Waals surface area (Å²) in [6.07, 6.45) is 0.996. The number of aryl methyl sites for hydroxylation is 1. The van der Waals surface area contributed by atoms with Crippen molar-refractivity contribution < 1.29 is 4.79 Å². The molecule has 80 valence electrons. The van der Waals surface area contributed by atoms with E-state index in [1.807, 2.05) is 6.07 Å². The quantitative estimate of drug-likeness (QED) is 0.791. The number of amides is 2. The average molecular weight is 223 g/mol. The standard InChI is InChI=1S/C10H13N3OS/c1-3-6-4-5-7(15-6)8-9(11)12-10(14)13(8)2/h4-5,8H,3H2,1-2H3,(H2,11,12,14). The lowest BCUT2D eigenvalue weighted by Gasteiger charge is -2.15. The van der Waals surface area contributed by atoms with E-state index in [9.17, 15) is 4.79 Å². The highest BCUT2D eigenvalue weighted by atomic mass is 32.1. The smallest absolute Gasteiger partial charge is 0.312 e. The molecule has 5 heteroatoms. The lowest BCUT2D eigenvalue weighted by atomic mass is 10.2. The van der Waals surface area contributed by atoms with Crippen molar-refractivity contribution in [2.24, 2.45) is 0 Å². The molecule has 1 aliphatic heterocycles. The van der Waals surface area contributed by atoms with E-state index in [0.717, 1.165) is 11.3 Å². The Bertz CT molecular complexity index is 413. The first-order chi connectivity index (χ1) is 7.13. The molecule has 1 fully saturated rings. The highest BCUT2D eigenvalue weighted by Gasteiger charge is 2.34. The molecule has 1 atom stereocenters. The van der Waals surface area contributed by atoms with Gasteiger partial charge in [-0.1, -0.05) is 6.92 Å². The Hall–Kier alpha value is -1.36. The molecule has 2 heterocycles. The summed E-state index contributed by atoms with van der Waals surface area (Å²) in [5, 5.41) is 10.2. The second-order valence-electron chi connectivity index (χ2n) is 3.51. The summed E-state index contributed by atoms with van der Waals surface area (Å²) in [7, 11) is 1.72. The van der Waals surface area contributed by atoms with E-state index in [4.69, 9.17) is 5.41 Å². The van der Waals surface area contributed by atoms with Gasteiger partial charge in [-0.05, 0) is 18.6 Å². The fourth-order valence-corrected chi connectivity index (χ4v) is 2.75. The van der Waals surface area contributed by atoms with Crippen LogP contribution in [0.3, 0.4) is 0 Å². The first-order valence-electron chi connectivity index (χ1n) is 4.84. The van der Waals surface area contributed by atoms with Gasteiger partial charge in [0.15, 0.2) is 0 Å². The number of nitrogens with one attached hydrogen (secondary N) is 2. The molecule has 0 radical (unpaired) electrons. The molecular formula is C10H13N3OS. The van der Waals surface area contributed by atoms with Crippen LogP contribution in [0, 0.1) is 5.41 Å². The number of carbonyl (C=O) groups is 1. The maximum absolute atomic E-state index is 11.3. The van der Waals surface area contributed by atoms with Crippen LogP contribution in [0.2, 0.25) is 0 Å². The topological polar surface area (TPSA) is 56.2 Å². The number of nitrogens with zero attached hydrogens (tertiary/aromatic N) is 1. The van der Waals surface area contributed by atoms with E-state index in [-0.39, 0.29) is 17.9 Å². The molecule has 4 nitrogen and oxygen atoms in total. The van der Waals surface area contributed by atoms with Crippen LogP contribution in [0.4, 0.5) is 4.79 Å². The Balaban J connectivity index is 2.30. The Kier molecular flexibility index (Phi) is 2.48. The molecule has 1 aromatic rings. The summed E-state index contributed by atoms with van der Waals surface area (Å²) < 4.78 is 0. The molecule has 0 bridgehead atoms. The van der Waals surface area contributed by atoms with Gasteiger partial charge >= 0.3 is 6.03 Å². The van der Waals surface area contributed by atoms with Crippen molar-refractivity contribution in [2.75, 3.05) is 7.05 Å². The van der Waals surface area contributed by atoms with Crippen molar-refractivity contribution in [1.29, 1.82) is 5.41 Å². The molecule has 1 aliphatic rings. The Morgan fingerprint density at radius 3 is 2.80 bits per heavy atom. The van der Waals surface area contributed by atoms with E-state index in [1.54, 1.807) is 23.3 Å². The van der Waals surface area contributed by atoms with E-state index in [2.05, 4.69) is 18.3 Å². The van der Waals surface area contributed by atoms with Crippen LogP contribution in [-0.4, -0.2) is 23.8 Å². The Morgan fingerprint density at radius 1 is 1.60 bits per heavy atom. The lowest BCUT2D eigenvalue weighted by molar-refractivity contribution is 0.218. The average Bonchev–Trinajstić information content (AvgIpc) is 2.74. The number of hydrogen-bond acceptors (Lipinski definition) is 3. The molecule has 2 amide bonds. The number of hydrogen-bond donors (Lipinski definition) is 2. The molecule has 1 unspecified atom stereocenters. The molecule has 0 spiro atoms. The van der Waals surface area contributed by atoms with Crippen molar-refractivity contribution in [3.63, 3.8) is 0 Å². The van der Waals surface area contributed by atoms with Crippen LogP contribution in [0.5, 0.6) is 0 Å². The summed E-state index contributed by atoms with van der Waals surface area (Å²) in [5.41, 5.74) is 0. The fraction of sp³-hybridized carbons (Fsp3) is 0.400. The first kappa shape index (κ1) is 10.2. The predicted molar refractivity (Wildman–Crippen MR) is 60.5 cm³/mol. The third-order valence-corrected chi connectivity index (χ3v) is 3.81. The van der Waals surface area contributed by atoms with E-state index >= 15 is 0 Å². The molecule has 0 saturated carbocycles. The van der Waals surface area contributed by atoms with E-state index in [0.29, 0.717) is 0 Å². The zero-order chi connectivity index (χ0) is 11.0. The van der Waals surface area contributed by atoms with Crippen LogP contribution in [-0.2, 0) is 6.42 Å². The van der Waals surface area contributed by atoms with Crippen molar-refractivity contribution in [3.8, 4) is 0 Å². The zero-order valence-corrected chi connectivity index (χ0v) is 9.52. The summed E-state index contributed by atoms with van der Waals surface area (Å²) in [6.45, 7) is 2.10. The van der Waals surface area contributed by atoms with Crippen molar-refractivity contribution in [2.45, 2.75) is 19.4 Å². The minimum atomic E-state index is -0.220. The van der Waals surface area contributed by atoms with Gasteiger partial charge in [0.25, 0.3) is 0 Å². The molecule has 1 aromatic heterocycles. The molecule has 15 heavy (non-hydrogen) atoms. The predicted octanol–water partition coefficient (Wildman–Crippen LogP) is 1.98. The molecule has 0 aromatic carbocycles. The molecule has 2 N–H and O–H groups in total. The van der Waals surface area contributed by atoms with Crippen molar-refractivity contribution >= 4 is 23.2 Å². The van der Waals surface area contributed by atoms with Gasteiger partial charge < -0.3 is 4.90 Å². The van der Waals surface area contributed by atoms with Gasteiger partial charge in [-0.2, -0.15) is 0 Å². The van der Waals surface area contributed by atoms with Crippen molar-refractivity contribution in [3.05, 3.63) is 21.9 Å². The maximum Gasteiger partial charge on any atom is 0.323 e. The van der Waals surface area contributed by atoms with Gasteiger partial charge in [0, 0.05) is 16.8 Å². The monoisotopic (exact) mass is 223 g/mol. The molecule has 0 aliphatic carbocycles. The normalized spacial score (nSPS) is 20.9. The number of likely N-dealkylation sites (N-methyl/N-ethyl adjacent to an activating group) is 1. The summed E-state index contributed by atoms with van der Waals surface area (Å²) in [5.74, 6) is 0.270. The first-order valence-corrected chi connectivity index (χ1v) is 5.66. The largest absolute Gasteiger partial charge is 0.323 e. The van der Waals surface area contributed by atoms with Gasteiger partial charge in [0.1, 0.15) is 11.9 Å². The second kappa shape index (κ2) is 3.66. The van der Waals surface area contributed by atoms with Crippen molar-refractivity contribution in [1.82, 2.24) is 10.2 Å². The van der Waals surface area contributed by atoms with Crippen LogP contribution in [0.1, 0.15) is 22.7 Å².